The van der Waals surface area contributed by atoms with Crippen molar-refractivity contribution in [3.8, 4) is 11.5 Å². The van der Waals surface area contributed by atoms with E-state index in [1.54, 1.807) is 31.4 Å². The van der Waals surface area contributed by atoms with Gasteiger partial charge >= 0.3 is 0 Å². The van der Waals surface area contributed by atoms with Crippen LogP contribution in [-0.4, -0.2) is 39.7 Å². The number of carbonyl (C=O) groups excluding carboxylic acids is 1. The molecule has 0 saturated carbocycles. The number of rotatable bonds is 5. The molecule has 1 aliphatic rings. The number of aromatic hydroxyl groups is 1. The highest BCUT2D eigenvalue weighted by Gasteiger charge is 2.32. The van der Waals surface area contributed by atoms with Gasteiger partial charge in [0, 0.05) is 24.2 Å². The van der Waals surface area contributed by atoms with Crippen LogP contribution in [0.4, 0.5) is 11.4 Å². The fourth-order valence-corrected chi connectivity index (χ4v) is 4.28. The third-order valence-electron chi connectivity index (χ3n) is 4.08. The molecule has 150 valence electrons. The molecule has 0 bridgehead atoms. The van der Waals surface area contributed by atoms with Crippen LogP contribution in [-0.2, 0) is 4.79 Å². The van der Waals surface area contributed by atoms with Gasteiger partial charge in [-0.1, -0.05) is 0 Å². The molecule has 1 amide bonds. The van der Waals surface area contributed by atoms with Crippen molar-refractivity contribution in [1.82, 2.24) is 4.90 Å². The molecule has 1 saturated heterocycles. The minimum absolute atomic E-state index is 0.110. The van der Waals surface area contributed by atoms with Gasteiger partial charge in [0.25, 0.3) is 11.6 Å². The van der Waals surface area contributed by atoms with Gasteiger partial charge in [-0.25, -0.2) is 4.99 Å². The van der Waals surface area contributed by atoms with E-state index in [1.165, 1.54) is 23.1 Å². The fourth-order valence-electron chi connectivity index (χ4n) is 2.60. The second-order valence-electron chi connectivity index (χ2n) is 5.88. The Morgan fingerprint density at radius 1 is 1.34 bits per heavy atom. The predicted octanol–water partition coefficient (Wildman–Crippen LogP) is 4.54. The summed E-state index contributed by atoms with van der Waals surface area (Å²) in [6.45, 7) is 2.25. The van der Waals surface area contributed by atoms with Crippen LogP contribution in [0.25, 0.3) is 6.08 Å². The van der Waals surface area contributed by atoms with Gasteiger partial charge in [-0.05, 0) is 71.6 Å². The van der Waals surface area contributed by atoms with Crippen molar-refractivity contribution in [2.75, 3.05) is 13.7 Å². The number of aliphatic imine (C=N–C) groups is 1. The Bertz CT molecular complexity index is 1040. The summed E-state index contributed by atoms with van der Waals surface area (Å²) >= 11 is 2.97. The lowest BCUT2D eigenvalue weighted by Gasteiger charge is -2.12. The van der Waals surface area contributed by atoms with Crippen molar-refractivity contribution in [3.63, 3.8) is 0 Å². The summed E-state index contributed by atoms with van der Waals surface area (Å²) in [5, 5.41) is 21.9. The number of carbonyl (C=O) groups is 1. The molecule has 0 unspecified atom stereocenters. The van der Waals surface area contributed by atoms with E-state index in [0.29, 0.717) is 31.6 Å². The largest absolute Gasteiger partial charge is 0.506 e. The summed E-state index contributed by atoms with van der Waals surface area (Å²) < 4.78 is 5.46. The number of hydrogen-bond donors (Lipinski definition) is 1. The number of likely N-dealkylation sites (N-methyl/N-ethyl adjacent to an activating group) is 1. The van der Waals surface area contributed by atoms with Crippen LogP contribution < -0.4 is 4.74 Å². The number of amides is 1. The summed E-state index contributed by atoms with van der Waals surface area (Å²) in [6.07, 6.45) is 1.46. The Labute approximate surface area is 184 Å². The van der Waals surface area contributed by atoms with Crippen LogP contribution in [0.5, 0.6) is 11.5 Å². The second-order valence-corrected chi connectivity index (χ2v) is 8.05. The predicted molar refractivity (Wildman–Crippen MR) is 121 cm³/mol. The van der Waals surface area contributed by atoms with Gasteiger partial charge in [-0.3, -0.25) is 19.8 Å². The monoisotopic (exact) mass is 525 g/mol. The normalized spacial score (nSPS) is 16.7. The van der Waals surface area contributed by atoms with Crippen molar-refractivity contribution in [1.29, 1.82) is 0 Å². The minimum Gasteiger partial charge on any atom is -0.506 e. The van der Waals surface area contributed by atoms with Gasteiger partial charge in [0.05, 0.1) is 26.2 Å². The van der Waals surface area contributed by atoms with E-state index >= 15 is 0 Å². The summed E-state index contributed by atoms with van der Waals surface area (Å²) in [6, 6.07) is 9.62. The number of nitro benzene ring substituents is 1. The summed E-state index contributed by atoms with van der Waals surface area (Å²) in [5.41, 5.74) is 0.712. The van der Waals surface area contributed by atoms with Gasteiger partial charge in [0.2, 0.25) is 0 Å². The molecule has 10 heteroatoms. The van der Waals surface area contributed by atoms with E-state index in [1.807, 2.05) is 29.5 Å². The number of nitrogens with zero attached hydrogens (tertiary/aromatic N) is 3. The molecule has 0 aromatic heterocycles. The number of hydrogen-bond acceptors (Lipinski definition) is 7. The van der Waals surface area contributed by atoms with Crippen molar-refractivity contribution in [2.45, 2.75) is 6.92 Å². The number of methoxy groups -OCH3 is 1. The molecular formula is C19H16IN3O5S. The SMILES string of the molecule is CCN1C(=O)/C(=C\c2cc([N+](=O)[O-])cc(I)c2O)SC1=Nc1ccc(OC)cc1. The van der Waals surface area contributed by atoms with Gasteiger partial charge in [0.15, 0.2) is 5.17 Å². The number of halogens is 1. The standard InChI is InChI=1S/C19H16IN3O5S/c1-3-22-18(25)16(9-11-8-13(23(26)27)10-15(20)17(11)24)29-19(22)21-12-4-6-14(28-2)7-5-12/h4-10,24H,3H2,1-2H3/b16-9+,21-19?. The maximum Gasteiger partial charge on any atom is 0.271 e. The number of benzene rings is 2. The van der Waals surface area contributed by atoms with Crippen LogP contribution in [0.1, 0.15) is 12.5 Å². The van der Waals surface area contributed by atoms with Gasteiger partial charge in [-0.2, -0.15) is 0 Å². The maximum absolute atomic E-state index is 12.8. The number of ether oxygens (including phenoxy) is 1. The maximum atomic E-state index is 12.8. The number of nitro groups is 1. The van der Waals surface area contributed by atoms with Gasteiger partial charge < -0.3 is 9.84 Å². The number of phenols is 1. The molecule has 2 aromatic rings. The van der Waals surface area contributed by atoms with Crippen LogP contribution in [0.15, 0.2) is 46.3 Å². The van der Waals surface area contributed by atoms with Gasteiger partial charge in [-0.15, -0.1) is 0 Å². The summed E-state index contributed by atoms with van der Waals surface area (Å²) in [7, 11) is 1.58. The first-order chi connectivity index (χ1) is 13.8. The highest BCUT2D eigenvalue weighted by atomic mass is 127. The van der Waals surface area contributed by atoms with E-state index in [0.717, 1.165) is 11.8 Å². The van der Waals surface area contributed by atoms with Gasteiger partial charge in [0.1, 0.15) is 11.5 Å². The van der Waals surface area contributed by atoms with Crippen LogP contribution in [0, 0.1) is 13.7 Å². The number of non-ortho nitro benzene ring substituents is 1. The van der Waals surface area contributed by atoms with Crippen molar-refractivity contribution in [3.05, 3.63) is 60.6 Å². The van der Waals surface area contributed by atoms with Crippen LogP contribution in [0.2, 0.25) is 0 Å². The first-order valence-corrected chi connectivity index (χ1v) is 10.3. The summed E-state index contributed by atoms with van der Waals surface area (Å²) in [4.78, 5) is 29.7. The number of amidine groups is 1. The Morgan fingerprint density at radius 2 is 2.03 bits per heavy atom. The van der Waals surface area contributed by atoms with Crippen molar-refractivity contribution < 1.29 is 19.6 Å². The van der Waals surface area contributed by atoms with Crippen LogP contribution in [0.3, 0.4) is 0 Å². The first-order valence-electron chi connectivity index (χ1n) is 8.45. The minimum atomic E-state index is -0.540. The zero-order valence-corrected chi connectivity index (χ0v) is 18.4. The number of phenolic OH excluding ortho intramolecular Hbond substituents is 1. The average molecular weight is 525 g/mol. The Hall–Kier alpha value is -2.60. The van der Waals surface area contributed by atoms with Crippen molar-refractivity contribution >= 4 is 62.9 Å². The molecule has 8 nitrogen and oxygen atoms in total. The smallest absolute Gasteiger partial charge is 0.271 e. The van der Waals surface area contributed by atoms with E-state index in [-0.39, 0.29) is 22.9 Å². The summed E-state index contributed by atoms with van der Waals surface area (Å²) in [5.74, 6) is 0.319. The van der Waals surface area contributed by atoms with Crippen molar-refractivity contribution in [2.24, 2.45) is 4.99 Å². The molecule has 29 heavy (non-hydrogen) atoms. The third kappa shape index (κ3) is 4.53. The molecule has 1 N–H and O–H groups in total. The quantitative estimate of drug-likeness (QED) is 0.266. The Balaban J connectivity index is 1.98. The van der Waals surface area contributed by atoms with E-state index in [2.05, 4.69) is 4.99 Å². The number of thioether (sulfide) groups is 1. The lowest BCUT2D eigenvalue weighted by Crippen LogP contribution is -2.28. The highest BCUT2D eigenvalue weighted by Crippen LogP contribution is 2.37. The van der Waals surface area contributed by atoms with E-state index < -0.39 is 4.92 Å². The molecule has 0 aliphatic carbocycles. The Kier molecular flexibility index (Phi) is 6.42. The lowest BCUT2D eigenvalue weighted by molar-refractivity contribution is -0.385. The lowest BCUT2D eigenvalue weighted by atomic mass is 10.1. The Morgan fingerprint density at radius 3 is 2.62 bits per heavy atom. The highest BCUT2D eigenvalue weighted by molar-refractivity contribution is 14.1. The molecule has 1 fully saturated rings. The average Bonchev–Trinajstić information content (AvgIpc) is 2.99. The van der Waals surface area contributed by atoms with Crippen LogP contribution >= 0.6 is 34.4 Å². The molecule has 2 aromatic carbocycles. The van der Waals surface area contributed by atoms with E-state index in [4.69, 9.17) is 4.74 Å². The molecular weight excluding hydrogens is 509 g/mol. The molecule has 1 aliphatic heterocycles. The zero-order valence-electron chi connectivity index (χ0n) is 15.5. The van der Waals surface area contributed by atoms with E-state index in [9.17, 15) is 20.0 Å². The zero-order chi connectivity index (χ0) is 21.1. The topological polar surface area (TPSA) is 105 Å². The molecule has 0 spiro atoms. The fraction of sp³-hybridized carbons (Fsp3) is 0.158. The first kappa shape index (κ1) is 21.1. The third-order valence-corrected chi connectivity index (χ3v) is 5.91. The molecule has 0 atom stereocenters. The molecule has 1 heterocycles. The molecule has 3 rings (SSSR count). The second kappa shape index (κ2) is 8.82. The molecule has 0 radical (unpaired) electrons.